The zero-order valence-corrected chi connectivity index (χ0v) is 26.5. The van der Waals surface area contributed by atoms with Crippen LogP contribution in [0.1, 0.15) is 65.5 Å². The number of pyridine rings is 1. The van der Waals surface area contributed by atoms with E-state index in [9.17, 15) is 9.59 Å². The summed E-state index contributed by atoms with van der Waals surface area (Å²) in [7, 11) is 0. The number of unbranched alkanes of at least 4 members (excludes halogenated alkanes) is 3. The molecule has 42 heavy (non-hydrogen) atoms. The molecule has 0 radical (unpaired) electrons. The van der Waals surface area contributed by atoms with Gasteiger partial charge in [-0.1, -0.05) is 62.9 Å². The number of carbonyl (C=O) groups is 1. The third kappa shape index (κ3) is 8.42. The average Bonchev–Trinajstić information content (AvgIpc) is 2.98. The average molecular weight is 617 g/mol. The maximum Gasteiger partial charge on any atom is 0.307 e. The second kappa shape index (κ2) is 15.6. The molecular formula is C33H43Cl2N3O4. The van der Waals surface area contributed by atoms with Gasteiger partial charge in [0.15, 0.2) is 6.23 Å². The molecule has 0 saturated carbocycles. The highest BCUT2D eigenvalue weighted by atomic mass is 35.5. The van der Waals surface area contributed by atoms with Gasteiger partial charge in [0.2, 0.25) is 0 Å². The number of nitrogens with zero attached hydrogens (tertiary/aromatic N) is 3. The molecule has 7 nitrogen and oxygen atoms in total. The summed E-state index contributed by atoms with van der Waals surface area (Å²) in [5, 5.41) is 2.11. The molecule has 1 fully saturated rings. The van der Waals surface area contributed by atoms with Gasteiger partial charge in [0.25, 0.3) is 5.56 Å². The number of esters is 1. The van der Waals surface area contributed by atoms with Gasteiger partial charge in [0.1, 0.15) is 5.75 Å². The molecule has 0 spiro atoms. The van der Waals surface area contributed by atoms with E-state index in [1.165, 1.54) is 6.07 Å². The van der Waals surface area contributed by atoms with Crippen LogP contribution in [0.2, 0.25) is 10.0 Å². The molecule has 0 bridgehead atoms. The predicted molar refractivity (Wildman–Crippen MR) is 172 cm³/mol. The molecule has 1 aliphatic heterocycles. The van der Waals surface area contributed by atoms with E-state index in [2.05, 4.69) is 16.7 Å². The third-order valence-electron chi connectivity index (χ3n) is 7.75. The van der Waals surface area contributed by atoms with Crippen LogP contribution in [0.3, 0.4) is 0 Å². The summed E-state index contributed by atoms with van der Waals surface area (Å²) in [6.45, 7) is 11.4. The summed E-state index contributed by atoms with van der Waals surface area (Å²) >= 11 is 12.6. The molecule has 1 saturated heterocycles. The number of rotatable bonds is 14. The second-order valence-corrected chi connectivity index (χ2v) is 12.1. The van der Waals surface area contributed by atoms with Crippen molar-refractivity contribution in [3.63, 3.8) is 0 Å². The molecule has 2 heterocycles. The highest BCUT2D eigenvalue weighted by Gasteiger charge is 2.23. The predicted octanol–water partition coefficient (Wildman–Crippen LogP) is 7.57. The first-order chi connectivity index (χ1) is 20.3. The minimum absolute atomic E-state index is 0.0719. The molecule has 0 N–H and O–H groups in total. The Hall–Kier alpha value is -2.74. The Kier molecular flexibility index (Phi) is 12.0. The SMILES string of the molecule is CCCCCC(=O)OC(C(C)C)n1c(=O)ccc2ccc(OCCCCN3CCN(c4cccc(Cl)c4Cl)CC3)cc21. The van der Waals surface area contributed by atoms with Crippen LogP contribution in [0.4, 0.5) is 5.69 Å². The standard InChI is InChI=1S/C33H43Cl2N3O4/c1-4-5-6-12-31(40)42-33(24(2)3)38-29-23-26(15-13-25(29)14-16-30(38)39)41-22-8-7-17-36-18-20-37(21-19-36)28-11-9-10-27(34)32(28)35/h9-11,13-16,23-24,33H,4-8,12,17-22H2,1-3H3. The lowest BCUT2D eigenvalue weighted by molar-refractivity contribution is -0.157. The Labute approximate surface area is 259 Å². The lowest BCUT2D eigenvalue weighted by atomic mass is 10.1. The molecule has 1 unspecified atom stereocenters. The van der Waals surface area contributed by atoms with Gasteiger partial charge in [-0.2, -0.15) is 0 Å². The van der Waals surface area contributed by atoms with Crippen LogP contribution in [0.25, 0.3) is 10.9 Å². The smallest absolute Gasteiger partial charge is 0.307 e. The van der Waals surface area contributed by atoms with Gasteiger partial charge in [0.05, 0.1) is 27.9 Å². The second-order valence-electron chi connectivity index (χ2n) is 11.3. The highest BCUT2D eigenvalue weighted by molar-refractivity contribution is 6.43. The monoisotopic (exact) mass is 615 g/mol. The van der Waals surface area contributed by atoms with Crippen molar-refractivity contribution >= 4 is 45.8 Å². The van der Waals surface area contributed by atoms with Crippen LogP contribution in [0, 0.1) is 5.92 Å². The van der Waals surface area contributed by atoms with Crippen molar-refractivity contribution in [2.75, 3.05) is 44.2 Å². The lowest BCUT2D eigenvalue weighted by Crippen LogP contribution is -2.46. The molecule has 3 aromatic rings. The van der Waals surface area contributed by atoms with Crippen LogP contribution in [-0.2, 0) is 9.53 Å². The molecule has 1 atom stereocenters. The number of fused-ring (bicyclic) bond motifs is 1. The summed E-state index contributed by atoms with van der Waals surface area (Å²) in [5.41, 5.74) is 1.51. The Morgan fingerprint density at radius 2 is 1.71 bits per heavy atom. The maximum atomic E-state index is 13.0. The zero-order valence-electron chi connectivity index (χ0n) is 25.0. The number of halogens is 2. The summed E-state index contributed by atoms with van der Waals surface area (Å²) in [6.07, 6.45) is 4.42. The molecular weight excluding hydrogens is 573 g/mol. The lowest BCUT2D eigenvalue weighted by Gasteiger charge is -2.36. The van der Waals surface area contributed by atoms with Crippen molar-refractivity contribution in [1.29, 1.82) is 0 Å². The number of aromatic nitrogens is 1. The van der Waals surface area contributed by atoms with E-state index in [0.717, 1.165) is 75.9 Å². The van der Waals surface area contributed by atoms with Crippen LogP contribution >= 0.6 is 23.2 Å². The Bertz CT molecular complexity index is 1390. The molecule has 0 aliphatic carbocycles. The van der Waals surface area contributed by atoms with Crippen molar-refractivity contribution in [1.82, 2.24) is 9.47 Å². The van der Waals surface area contributed by atoms with Crippen molar-refractivity contribution in [2.45, 2.75) is 65.5 Å². The Morgan fingerprint density at radius 1 is 0.952 bits per heavy atom. The minimum atomic E-state index is -0.680. The summed E-state index contributed by atoms with van der Waals surface area (Å²) in [4.78, 5) is 30.4. The number of carbonyl (C=O) groups excluding carboxylic acids is 1. The van der Waals surface area contributed by atoms with Gasteiger partial charge in [-0.05, 0) is 61.5 Å². The number of piperazine rings is 1. The molecule has 4 rings (SSSR count). The van der Waals surface area contributed by atoms with E-state index in [1.54, 1.807) is 10.6 Å². The molecule has 9 heteroatoms. The number of benzene rings is 2. The molecule has 228 valence electrons. The summed E-state index contributed by atoms with van der Waals surface area (Å²) < 4.78 is 13.6. The minimum Gasteiger partial charge on any atom is -0.494 e. The van der Waals surface area contributed by atoms with Crippen molar-refractivity contribution < 1.29 is 14.3 Å². The largest absolute Gasteiger partial charge is 0.494 e. The van der Waals surface area contributed by atoms with E-state index < -0.39 is 6.23 Å². The van der Waals surface area contributed by atoms with Gasteiger partial charge >= 0.3 is 5.97 Å². The fourth-order valence-corrected chi connectivity index (χ4v) is 5.78. The van der Waals surface area contributed by atoms with E-state index in [4.69, 9.17) is 32.7 Å². The van der Waals surface area contributed by atoms with E-state index in [0.29, 0.717) is 34.3 Å². The van der Waals surface area contributed by atoms with Gasteiger partial charge in [-0.15, -0.1) is 0 Å². The zero-order chi connectivity index (χ0) is 30.1. The van der Waals surface area contributed by atoms with Crippen molar-refractivity contribution in [2.24, 2.45) is 5.92 Å². The Balaban J connectivity index is 1.30. The van der Waals surface area contributed by atoms with Crippen LogP contribution in [0.5, 0.6) is 5.75 Å². The molecule has 0 amide bonds. The van der Waals surface area contributed by atoms with E-state index in [1.807, 2.05) is 50.2 Å². The summed E-state index contributed by atoms with van der Waals surface area (Å²) in [5.74, 6) is 0.358. The van der Waals surface area contributed by atoms with Crippen molar-refractivity contribution in [3.8, 4) is 5.75 Å². The Morgan fingerprint density at radius 3 is 2.45 bits per heavy atom. The van der Waals surface area contributed by atoms with Gasteiger partial charge < -0.3 is 14.4 Å². The van der Waals surface area contributed by atoms with Crippen LogP contribution in [0.15, 0.2) is 53.3 Å². The van der Waals surface area contributed by atoms with E-state index >= 15 is 0 Å². The first-order valence-corrected chi connectivity index (χ1v) is 15.9. The van der Waals surface area contributed by atoms with Crippen LogP contribution < -0.4 is 15.2 Å². The normalized spacial score (nSPS) is 14.9. The first kappa shape index (κ1) is 32.2. The van der Waals surface area contributed by atoms with Crippen LogP contribution in [-0.4, -0.2) is 54.8 Å². The fourth-order valence-electron chi connectivity index (χ4n) is 5.36. The molecule has 1 aliphatic rings. The molecule has 2 aromatic carbocycles. The third-order valence-corrected chi connectivity index (χ3v) is 8.56. The highest BCUT2D eigenvalue weighted by Crippen LogP contribution is 2.33. The maximum absolute atomic E-state index is 13.0. The quantitative estimate of drug-likeness (QED) is 0.138. The number of ether oxygens (including phenoxy) is 2. The molecule has 1 aromatic heterocycles. The fraction of sp³-hybridized carbons (Fsp3) is 0.515. The van der Waals surface area contributed by atoms with Gasteiger partial charge in [-0.25, -0.2) is 0 Å². The first-order valence-electron chi connectivity index (χ1n) is 15.2. The summed E-state index contributed by atoms with van der Waals surface area (Å²) in [6, 6.07) is 14.9. The number of hydrogen-bond donors (Lipinski definition) is 0. The van der Waals surface area contributed by atoms with E-state index in [-0.39, 0.29) is 17.4 Å². The number of hydrogen-bond acceptors (Lipinski definition) is 6. The van der Waals surface area contributed by atoms with Gasteiger partial charge in [-0.3, -0.25) is 19.1 Å². The topological polar surface area (TPSA) is 64.0 Å². The van der Waals surface area contributed by atoms with Gasteiger partial charge in [0, 0.05) is 50.7 Å². The van der Waals surface area contributed by atoms with Crippen molar-refractivity contribution in [3.05, 3.63) is 68.9 Å². The number of anilines is 1.